The van der Waals surface area contributed by atoms with Gasteiger partial charge in [0.2, 0.25) is 0 Å². The molecule has 0 aliphatic rings. The summed E-state index contributed by atoms with van der Waals surface area (Å²) in [6, 6.07) is 6.18. The second-order valence-corrected chi connectivity index (χ2v) is 3.74. The lowest BCUT2D eigenvalue weighted by atomic mass is 10.1. The maximum atomic E-state index is 12.5. The summed E-state index contributed by atoms with van der Waals surface area (Å²) in [5.41, 5.74) is 1.04. The average molecular weight is 245 g/mol. The van der Waals surface area contributed by atoms with Crippen molar-refractivity contribution in [2.24, 2.45) is 0 Å². The molecule has 0 saturated carbocycles. The molecule has 0 heterocycles. The molecule has 0 radical (unpaired) electrons. The van der Waals surface area contributed by atoms with Crippen LogP contribution in [0.4, 0.5) is 13.2 Å². The van der Waals surface area contributed by atoms with E-state index in [2.05, 4.69) is 0 Å². The van der Waals surface area contributed by atoms with Crippen LogP contribution < -0.4 is 0 Å². The van der Waals surface area contributed by atoms with Gasteiger partial charge < -0.3 is 0 Å². The molecular formula is C12H14F3NO. The van der Waals surface area contributed by atoms with E-state index in [1.807, 2.05) is 0 Å². The summed E-state index contributed by atoms with van der Waals surface area (Å²) in [5.74, 6) is -0.0975. The number of Topliss-reactive ketones (excluding diaryl/α,β-unsaturated/α-hetero) is 1. The lowest BCUT2D eigenvalue weighted by Crippen LogP contribution is -2.37. The predicted molar refractivity (Wildman–Crippen MR) is 58.6 cm³/mol. The largest absolute Gasteiger partial charge is 0.460 e. The molecule has 5 heteroatoms. The van der Waals surface area contributed by atoms with E-state index in [1.54, 1.807) is 24.3 Å². The number of halogens is 3. The monoisotopic (exact) mass is 245 g/mol. The molecule has 0 spiro atoms. The van der Waals surface area contributed by atoms with Crippen molar-refractivity contribution in [3.8, 4) is 0 Å². The number of nitrogens with zero attached hydrogens (tertiary/aromatic N) is 1. The minimum absolute atomic E-state index is 0.0975. The van der Waals surface area contributed by atoms with Gasteiger partial charge in [-0.05, 0) is 12.5 Å². The first kappa shape index (κ1) is 13.7. The lowest BCUT2D eigenvalue weighted by molar-refractivity contribution is -0.247. The minimum Gasteiger partial charge on any atom is -0.295 e. The topological polar surface area (TPSA) is 20.3 Å². The molecule has 0 N–H and O–H groups in total. The molecule has 1 rings (SSSR count). The van der Waals surface area contributed by atoms with Gasteiger partial charge in [0.1, 0.15) is 0 Å². The van der Waals surface area contributed by atoms with Crippen molar-refractivity contribution in [1.82, 2.24) is 4.90 Å². The number of hydrogen-bond donors (Lipinski definition) is 0. The van der Waals surface area contributed by atoms with E-state index < -0.39 is 6.30 Å². The van der Waals surface area contributed by atoms with Gasteiger partial charge in [-0.2, -0.15) is 13.2 Å². The van der Waals surface area contributed by atoms with Crippen molar-refractivity contribution >= 4 is 5.78 Å². The first-order valence-electron chi connectivity index (χ1n) is 5.26. The van der Waals surface area contributed by atoms with E-state index in [0.29, 0.717) is 16.0 Å². The summed E-state index contributed by atoms with van der Waals surface area (Å²) in [6.07, 6.45) is -4.33. The smallest absolute Gasteiger partial charge is 0.295 e. The molecule has 0 amide bonds. The Kier molecular flexibility index (Phi) is 4.28. The molecular weight excluding hydrogens is 231 g/mol. The summed E-state index contributed by atoms with van der Waals surface area (Å²) in [5, 5.41) is 0. The van der Waals surface area contributed by atoms with Crippen LogP contribution in [0.15, 0.2) is 24.3 Å². The van der Waals surface area contributed by atoms with Crippen molar-refractivity contribution in [2.75, 3.05) is 6.54 Å². The van der Waals surface area contributed by atoms with Crippen molar-refractivity contribution < 1.29 is 18.0 Å². The van der Waals surface area contributed by atoms with Crippen LogP contribution in [0.25, 0.3) is 0 Å². The van der Waals surface area contributed by atoms with Crippen LogP contribution in [0.5, 0.6) is 0 Å². The zero-order valence-electron chi connectivity index (χ0n) is 9.71. The van der Waals surface area contributed by atoms with Crippen LogP contribution in [0.1, 0.15) is 29.8 Å². The Hall–Kier alpha value is -1.36. The van der Waals surface area contributed by atoms with Gasteiger partial charge in [0, 0.05) is 18.7 Å². The van der Waals surface area contributed by atoms with Crippen molar-refractivity contribution in [1.29, 1.82) is 0 Å². The van der Waals surface area contributed by atoms with Crippen molar-refractivity contribution in [3.05, 3.63) is 35.4 Å². The molecule has 1 aromatic rings. The highest BCUT2D eigenvalue weighted by Gasteiger charge is 2.35. The van der Waals surface area contributed by atoms with Gasteiger partial charge in [-0.1, -0.05) is 31.2 Å². The molecule has 0 fully saturated rings. The highest BCUT2D eigenvalue weighted by Crippen LogP contribution is 2.23. The average Bonchev–Trinajstić information content (AvgIpc) is 2.24. The van der Waals surface area contributed by atoms with E-state index in [4.69, 9.17) is 0 Å². The summed E-state index contributed by atoms with van der Waals surface area (Å²) in [7, 11) is 0. The Labute approximate surface area is 98.0 Å². The number of carbonyl (C=O) groups is 1. The Morgan fingerprint density at radius 1 is 1.24 bits per heavy atom. The van der Waals surface area contributed by atoms with Gasteiger partial charge in [0.15, 0.2) is 5.78 Å². The lowest BCUT2D eigenvalue weighted by Gasteiger charge is -2.23. The Bertz CT molecular complexity index is 384. The summed E-state index contributed by atoms with van der Waals surface area (Å²) in [4.78, 5) is 11.4. The van der Waals surface area contributed by atoms with Crippen LogP contribution in [-0.2, 0) is 6.54 Å². The maximum absolute atomic E-state index is 12.5. The van der Waals surface area contributed by atoms with E-state index in [0.717, 1.165) is 0 Å². The minimum atomic E-state index is -4.33. The number of ketones is 1. The van der Waals surface area contributed by atoms with E-state index in [1.165, 1.54) is 13.8 Å². The number of benzene rings is 1. The zero-order valence-corrected chi connectivity index (χ0v) is 9.71. The van der Waals surface area contributed by atoms with E-state index >= 15 is 0 Å². The molecule has 0 aliphatic heterocycles. The molecule has 1 aromatic carbocycles. The standard InChI is InChI=1S/C12H14F3NO/c1-3-16(12(13,14)15)8-10-4-6-11(7-5-10)9(2)17/h4-7H,3,8H2,1-2H3. The molecule has 0 bridgehead atoms. The van der Waals surface area contributed by atoms with Gasteiger partial charge in [-0.3, -0.25) is 4.79 Å². The summed E-state index contributed by atoms with van der Waals surface area (Å²) < 4.78 is 37.5. The molecule has 0 aromatic heterocycles. The Morgan fingerprint density at radius 3 is 2.12 bits per heavy atom. The maximum Gasteiger partial charge on any atom is 0.460 e. The quantitative estimate of drug-likeness (QED) is 0.599. The third-order valence-corrected chi connectivity index (χ3v) is 2.47. The molecule has 94 valence electrons. The second-order valence-electron chi connectivity index (χ2n) is 3.74. The van der Waals surface area contributed by atoms with Crippen LogP contribution in [0.3, 0.4) is 0 Å². The Morgan fingerprint density at radius 2 is 1.76 bits per heavy atom. The molecule has 0 aliphatic carbocycles. The normalized spacial score (nSPS) is 11.9. The zero-order chi connectivity index (χ0) is 13.1. The van der Waals surface area contributed by atoms with Crippen molar-refractivity contribution in [3.63, 3.8) is 0 Å². The second kappa shape index (κ2) is 5.31. The van der Waals surface area contributed by atoms with Crippen LogP contribution >= 0.6 is 0 Å². The highest BCUT2D eigenvalue weighted by molar-refractivity contribution is 5.93. The van der Waals surface area contributed by atoms with Gasteiger partial charge in [0.05, 0.1) is 0 Å². The van der Waals surface area contributed by atoms with Gasteiger partial charge in [0.25, 0.3) is 0 Å². The fourth-order valence-electron chi connectivity index (χ4n) is 1.45. The van der Waals surface area contributed by atoms with E-state index in [9.17, 15) is 18.0 Å². The van der Waals surface area contributed by atoms with Crippen LogP contribution in [0, 0.1) is 0 Å². The molecule has 0 saturated heterocycles. The summed E-state index contributed by atoms with van der Waals surface area (Å²) >= 11 is 0. The van der Waals surface area contributed by atoms with Gasteiger partial charge in [-0.15, -0.1) is 0 Å². The third kappa shape index (κ3) is 3.85. The Balaban J connectivity index is 2.78. The fourth-order valence-corrected chi connectivity index (χ4v) is 1.45. The summed E-state index contributed by atoms with van der Waals surface area (Å²) in [6.45, 7) is 2.58. The first-order chi connectivity index (χ1) is 7.84. The predicted octanol–water partition coefficient (Wildman–Crippen LogP) is 3.23. The molecule has 2 nitrogen and oxygen atoms in total. The fraction of sp³-hybridized carbons (Fsp3) is 0.417. The third-order valence-electron chi connectivity index (χ3n) is 2.47. The number of alkyl halides is 3. The van der Waals surface area contributed by atoms with Gasteiger partial charge in [-0.25, -0.2) is 4.90 Å². The molecule has 0 unspecified atom stereocenters. The van der Waals surface area contributed by atoms with Gasteiger partial charge >= 0.3 is 6.30 Å². The van der Waals surface area contributed by atoms with E-state index in [-0.39, 0.29) is 18.9 Å². The highest BCUT2D eigenvalue weighted by atomic mass is 19.4. The number of rotatable bonds is 4. The number of carbonyl (C=O) groups excluding carboxylic acids is 1. The van der Waals surface area contributed by atoms with Crippen LogP contribution in [0.2, 0.25) is 0 Å². The van der Waals surface area contributed by atoms with Crippen LogP contribution in [-0.4, -0.2) is 23.5 Å². The molecule has 17 heavy (non-hydrogen) atoms. The SMILES string of the molecule is CCN(Cc1ccc(C(C)=O)cc1)C(F)(F)F. The first-order valence-corrected chi connectivity index (χ1v) is 5.26. The molecule has 0 atom stereocenters. The number of hydrogen-bond acceptors (Lipinski definition) is 2. The van der Waals surface area contributed by atoms with Crippen molar-refractivity contribution in [2.45, 2.75) is 26.7 Å².